The van der Waals surface area contributed by atoms with E-state index in [-0.39, 0.29) is 5.60 Å². The Kier molecular flexibility index (Phi) is 5.76. The highest BCUT2D eigenvalue weighted by Gasteiger charge is 2.42. The zero-order valence-corrected chi connectivity index (χ0v) is 13.9. The highest BCUT2D eigenvalue weighted by Crippen LogP contribution is 2.38. The zero-order valence-electron chi connectivity index (χ0n) is 13.9. The number of hydrogen-bond donors (Lipinski definition) is 1. The maximum Gasteiger partial charge on any atom is 0.0843 e. The van der Waals surface area contributed by atoms with Crippen LogP contribution in [0.4, 0.5) is 0 Å². The Balaban J connectivity index is 2.15. The Labute approximate surface area is 128 Å². The molecule has 1 N–H and O–H groups in total. The number of likely N-dealkylation sites (N-methyl/N-ethyl adjacent to an activating group) is 1. The van der Waals surface area contributed by atoms with Gasteiger partial charge in [-0.05, 0) is 45.1 Å². The predicted octanol–water partition coefficient (Wildman–Crippen LogP) is 2.32. The number of ether oxygens (including phenoxy) is 1. The van der Waals surface area contributed by atoms with Crippen LogP contribution in [0.1, 0.15) is 52.1 Å². The largest absolute Gasteiger partial charge is 0.374 e. The van der Waals surface area contributed by atoms with Crippen molar-refractivity contribution in [2.24, 2.45) is 13.0 Å². The Bertz CT molecular complexity index is 424. The Morgan fingerprint density at radius 3 is 2.67 bits per heavy atom. The van der Waals surface area contributed by atoms with E-state index >= 15 is 0 Å². The van der Waals surface area contributed by atoms with E-state index in [4.69, 9.17) is 4.74 Å². The molecule has 1 saturated carbocycles. The van der Waals surface area contributed by atoms with Crippen LogP contribution in [0.3, 0.4) is 0 Å². The molecule has 120 valence electrons. The lowest BCUT2D eigenvalue weighted by Gasteiger charge is -2.45. The van der Waals surface area contributed by atoms with E-state index in [0.717, 1.165) is 44.0 Å². The van der Waals surface area contributed by atoms with E-state index in [0.29, 0.717) is 6.04 Å². The van der Waals surface area contributed by atoms with Crippen LogP contribution >= 0.6 is 0 Å². The molecule has 0 aliphatic heterocycles. The number of aryl methyl sites for hydroxylation is 1. The molecule has 21 heavy (non-hydrogen) atoms. The van der Waals surface area contributed by atoms with E-state index in [2.05, 4.69) is 36.4 Å². The summed E-state index contributed by atoms with van der Waals surface area (Å²) in [5.41, 5.74) is 0.996. The van der Waals surface area contributed by atoms with Crippen molar-refractivity contribution in [3.05, 3.63) is 11.9 Å². The van der Waals surface area contributed by atoms with Crippen molar-refractivity contribution in [1.82, 2.24) is 20.3 Å². The van der Waals surface area contributed by atoms with Gasteiger partial charge in [0.25, 0.3) is 0 Å². The smallest absolute Gasteiger partial charge is 0.0843 e. The molecule has 0 saturated heterocycles. The molecule has 1 aliphatic rings. The summed E-state index contributed by atoms with van der Waals surface area (Å²) in [7, 11) is 1.92. The van der Waals surface area contributed by atoms with Crippen LogP contribution in [0.25, 0.3) is 0 Å². The summed E-state index contributed by atoms with van der Waals surface area (Å²) >= 11 is 0. The summed E-state index contributed by atoms with van der Waals surface area (Å²) in [6, 6.07) is 0.312. The maximum absolute atomic E-state index is 6.29. The van der Waals surface area contributed by atoms with Gasteiger partial charge in [0, 0.05) is 32.3 Å². The molecule has 0 aromatic carbocycles. The fourth-order valence-corrected chi connectivity index (χ4v) is 3.52. The molecule has 0 radical (unpaired) electrons. The molecule has 5 heteroatoms. The quantitative estimate of drug-likeness (QED) is 0.838. The van der Waals surface area contributed by atoms with Crippen molar-refractivity contribution >= 4 is 0 Å². The summed E-state index contributed by atoms with van der Waals surface area (Å²) in [6.07, 6.45) is 7.68. The van der Waals surface area contributed by atoms with Gasteiger partial charge in [-0.2, -0.15) is 0 Å². The van der Waals surface area contributed by atoms with Gasteiger partial charge in [-0.3, -0.25) is 4.68 Å². The minimum absolute atomic E-state index is 0.0468. The van der Waals surface area contributed by atoms with Gasteiger partial charge in [0.2, 0.25) is 0 Å². The highest BCUT2D eigenvalue weighted by atomic mass is 16.5. The molecule has 0 bridgehead atoms. The average molecular weight is 294 g/mol. The topological polar surface area (TPSA) is 52.0 Å². The molecule has 1 aromatic heterocycles. The van der Waals surface area contributed by atoms with Crippen molar-refractivity contribution in [2.45, 2.75) is 64.5 Å². The van der Waals surface area contributed by atoms with E-state index in [9.17, 15) is 0 Å². The molecule has 1 atom stereocenters. The molecular weight excluding hydrogens is 264 g/mol. The first-order valence-corrected chi connectivity index (χ1v) is 8.32. The van der Waals surface area contributed by atoms with Gasteiger partial charge in [0.15, 0.2) is 0 Å². The Morgan fingerprint density at radius 1 is 1.43 bits per heavy atom. The van der Waals surface area contributed by atoms with Gasteiger partial charge in [-0.1, -0.05) is 19.1 Å². The maximum atomic E-state index is 6.29. The van der Waals surface area contributed by atoms with Crippen LogP contribution in [-0.4, -0.2) is 39.8 Å². The number of aromatic nitrogens is 3. The lowest BCUT2D eigenvalue weighted by molar-refractivity contribution is -0.0959. The molecule has 1 aliphatic carbocycles. The van der Waals surface area contributed by atoms with Crippen LogP contribution in [0, 0.1) is 5.92 Å². The third kappa shape index (κ3) is 4.04. The first kappa shape index (κ1) is 16.4. The second kappa shape index (κ2) is 7.36. The van der Waals surface area contributed by atoms with Gasteiger partial charge < -0.3 is 10.1 Å². The van der Waals surface area contributed by atoms with Crippen molar-refractivity contribution in [1.29, 1.82) is 0 Å². The number of nitrogens with zero attached hydrogens (tertiary/aromatic N) is 3. The Morgan fingerprint density at radius 2 is 2.14 bits per heavy atom. The van der Waals surface area contributed by atoms with Gasteiger partial charge in [-0.15, -0.1) is 5.10 Å². The first-order valence-electron chi connectivity index (χ1n) is 8.32. The molecule has 1 fully saturated rings. The minimum Gasteiger partial charge on any atom is -0.374 e. The van der Waals surface area contributed by atoms with Gasteiger partial charge in [-0.25, -0.2) is 0 Å². The fraction of sp³-hybridized carbons (Fsp3) is 0.875. The zero-order chi connectivity index (χ0) is 15.3. The van der Waals surface area contributed by atoms with Crippen LogP contribution in [0.5, 0.6) is 0 Å². The Hall–Kier alpha value is -0.940. The van der Waals surface area contributed by atoms with E-state index in [1.807, 2.05) is 13.2 Å². The van der Waals surface area contributed by atoms with E-state index in [1.54, 1.807) is 4.68 Å². The summed E-state index contributed by atoms with van der Waals surface area (Å²) in [5.74, 6) is 0.817. The lowest BCUT2D eigenvalue weighted by atomic mass is 9.74. The number of nitrogens with one attached hydrogen (secondary N) is 1. The molecule has 0 spiro atoms. The third-order valence-corrected chi connectivity index (χ3v) is 4.70. The van der Waals surface area contributed by atoms with Crippen LogP contribution in [-0.2, 0) is 18.2 Å². The monoisotopic (exact) mass is 294 g/mol. The number of hydrogen-bond acceptors (Lipinski definition) is 4. The molecule has 5 nitrogen and oxygen atoms in total. The summed E-state index contributed by atoms with van der Waals surface area (Å²) in [4.78, 5) is 0. The van der Waals surface area contributed by atoms with E-state index in [1.165, 1.54) is 12.8 Å². The number of rotatable bonds is 7. The SMILES string of the molecule is CCNC(Cc1cn(C)nn1)C1(OCC)CCC(C)CC1. The average Bonchev–Trinajstić information content (AvgIpc) is 2.87. The first-order chi connectivity index (χ1) is 10.1. The van der Waals surface area contributed by atoms with Crippen LogP contribution in [0.15, 0.2) is 6.20 Å². The lowest BCUT2D eigenvalue weighted by Crippen LogP contribution is -2.55. The molecule has 1 unspecified atom stereocenters. The van der Waals surface area contributed by atoms with Crippen molar-refractivity contribution in [3.8, 4) is 0 Å². The molecule has 1 heterocycles. The highest BCUT2D eigenvalue weighted by molar-refractivity contribution is 5.04. The fourth-order valence-electron chi connectivity index (χ4n) is 3.52. The van der Waals surface area contributed by atoms with Gasteiger partial charge >= 0.3 is 0 Å². The van der Waals surface area contributed by atoms with Crippen molar-refractivity contribution < 1.29 is 4.74 Å². The summed E-state index contributed by atoms with van der Waals surface area (Å²) in [6.45, 7) is 8.34. The molecule has 2 rings (SSSR count). The van der Waals surface area contributed by atoms with E-state index < -0.39 is 0 Å². The van der Waals surface area contributed by atoms with Crippen LogP contribution in [0.2, 0.25) is 0 Å². The molecule has 0 amide bonds. The van der Waals surface area contributed by atoms with Crippen LogP contribution < -0.4 is 5.32 Å². The van der Waals surface area contributed by atoms with Crippen molar-refractivity contribution in [3.63, 3.8) is 0 Å². The summed E-state index contributed by atoms with van der Waals surface area (Å²) in [5, 5.41) is 12.0. The standard InChI is InChI=1S/C16H30N4O/c1-5-17-15(11-14-12-20(4)19-18-14)16(21-6-2)9-7-13(3)8-10-16/h12-13,15,17H,5-11H2,1-4H3. The minimum atomic E-state index is -0.0468. The predicted molar refractivity (Wildman–Crippen MR) is 84.2 cm³/mol. The van der Waals surface area contributed by atoms with Gasteiger partial charge in [0.05, 0.1) is 11.3 Å². The van der Waals surface area contributed by atoms with Crippen molar-refractivity contribution in [2.75, 3.05) is 13.2 Å². The third-order valence-electron chi connectivity index (χ3n) is 4.70. The normalized spacial score (nSPS) is 27.7. The molecular formula is C16H30N4O. The molecule has 1 aromatic rings. The van der Waals surface area contributed by atoms with Gasteiger partial charge in [0.1, 0.15) is 0 Å². The summed E-state index contributed by atoms with van der Waals surface area (Å²) < 4.78 is 8.07. The second-order valence-electron chi connectivity index (χ2n) is 6.38. The second-order valence-corrected chi connectivity index (χ2v) is 6.38.